The fraction of sp³-hybridized carbons (Fsp3) is 0.200. The molecule has 6 nitrogen and oxygen atoms in total. The fourth-order valence-corrected chi connectivity index (χ4v) is 3.14. The topological polar surface area (TPSA) is 50.9 Å². The number of hydrogen-bond donors (Lipinski definition) is 1. The number of pyridine rings is 1. The summed E-state index contributed by atoms with van der Waals surface area (Å²) < 4.78 is 3.99. The Hall–Kier alpha value is -3.28. The molecule has 0 aliphatic heterocycles. The quantitative estimate of drug-likeness (QED) is 0.611. The van der Waals surface area contributed by atoms with Crippen molar-refractivity contribution in [2.24, 2.45) is 14.1 Å². The lowest BCUT2D eigenvalue weighted by Crippen LogP contribution is -2.08. The van der Waals surface area contributed by atoms with Gasteiger partial charge in [-0.25, -0.2) is 4.98 Å². The maximum atomic E-state index is 4.57. The van der Waals surface area contributed by atoms with Crippen molar-refractivity contribution >= 4 is 28.1 Å². The van der Waals surface area contributed by atoms with Gasteiger partial charge < -0.3 is 14.8 Å². The standard InChI is InChI=1S/C20H22N6/c1-24(2)17-7-5-6-16(9-17)23-20-10-19-14(11-21-20)8-18(26(19)4)15-12-22-25(3)13-15/h5-13H,1-4H3,(H,21,23). The minimum absolute atomic E-state index is 0.826. The van der Waals surface area contributed by atoms with Gasteiger partial charge in [-0.15, -0.1) is 0 Å². The van der Waals surface area contributed by atoms with Crippen LogP contribution in [0.15, 0.2) is 55.0 Å². The van der Waals surface area contributed by atoms with E-state index in [-0.39, 0.29) is 0 Å². The van der Waals surface area contributed by atoms with Crippen LogP contribution in [0, 0.1) is 0 Å². The van der Waals surface area contributed by atoms with Crippen molar-refractivity contribution in [1.29, 1.82) is 0 Å². The number of aryl methyl sites for hydroxylation is 2. The SMILES string of the molecule is CN(C)c1cccc(Nc2cc3c(cn2)cc(-c2cnn(C)c2)n3C)c1. The lowest BCUT2D eigenvalue weighted by atomic mass is 10.2. The summed E-state index contributed by atoms with van der Waals surface area (Å²) in [6.45, 7) is 0. The summed E-state index contributed by atoms with van der Waals surface area (Å²) in [5.74, 6) is 0.826. The molecule has 132 valence electrons. The largest absolute Gasteiger partial charge is 0.378 e. The Morgan fingerprint density at radius 3 is 2.62 bits per heavy atom. The van der Waals surface area contributed by atoms with Crippen LogP contribution in [0.25, 0.3) is 22.2 Å². The maximum Gasteiger partial charge on any atom is 0.132 e. The van der Waals surface area contributed by atoms with Gasteiger partial charge in [0.15, 0.2) is 0 Å². The summed E-state index contributed by atoms with van der Waals surface area (Å²) in [5, 5.41) is 8.79. The second-order valence-electron chi connectivity index (χ2n) is 6.69. The van der Waals surface area contributed by atoms with Gasteiger partial charge in [0.2, 0.25) is 0 Å². The van der Waals surface area contributed by atoms with Crippen molar-refractivity contribution in [2.45, 2.75) is 0 Å². The van der Waals surface area contributed by atoms with E-state index in [0.29, 0.717) is 0 Å². The van der Waals surface area contributed by atoms with E-state index in [1.54, 1.807) is 0 Å². The third-order valence-corrected chi connectivity index (χ3v) is 4.56. The van der Waals surface area contributed by atoms with Crippen molar-refractivity contribution in [3.8, 4) is 11.3 Å². The number of benzene rings is 1. The zero-order chi connectivity index (χ0) is 18.3. The highest BCUT2D eigenvalue weighted by atomic mass is 15.2. The molecule has 0 unspecified atom stereocenters. The molecule has 4 aromatic rings. The molecule has 4 rings (SSSR count). The molecule has 0 aliphatic rings. The van der Waals surface area contributed by atoms with Gasteiger partial charge >= 0.3 is 0 Å². The average molecular weight is 346 g/mol. The third kappa shape index (κ3) is 2.90. The van der Waals surface area contributed by atoms with Gasteiger partial charge in [0.1, 0.15) is 5.82 Å². The lowest BCUT2D eigenvalue weighted by molar-refractivity contribution is 0.768. The zero-order valence-corrected chi connectivity index (χ0v) is 15.4. The third-order valence-electron chi connectivity index (χ3n) is 4.56. The lowest BCUT2D eigenvalue weighted by Gasteiger charge is -2.14. The second-order valence-corrected chi connectivity index (χ2v) is 6.69. The molecule has 3 aromatic heterocycles. The smallest absolute Gasteiger partial charge is 0.132 e. The highest BCUT2D eigenvalue weighted by Crippen LogP contribution is 2.29. The number of nitrogens with zero attached hydrogens (tertiary/aromatic N) is 5. The molecule has 0 spiro atoms. The molecule has 0 aliphatic carbocycles. The first kappa shape index (κ1) is 16.2. The summed E-state index contributed by atoms with van der Waals surface area (Å²) in [4.78, 5) is 6.65. The number of rotatable bonds is 4. The molecular weight excluding hydrogens is 324 g/mol. The predicted octanol–water partition coefficient (Wildman–Crippen LogP) is 3.78. The first-order chi connectivity index (χ1) is 12.5. The number of nitrogens with one attached hydrogen (secondary N) is 1. The normalized spacial score (nSPS) is 11.1. The highest BCUT2D eigenvalue weighted by Gasteiger charge is 2.11. The molecule has 0 saturated heterocycles. The molecule has 3 heterocycles. The first-order valence-corrected chi connectivity index (χ1v) is 8.50. The van der Waals surface area contributed by atoms with E-state index in [2.05, 4.69) is 56.2 Å². The molecule has 26 heavy (non-hydrogen) atoms. The van der Waals surface area contributed by atoms with Gasteiger partial charge in [-0.1, -0.05) is 6.07 Å². The number of fused-ring (bicyclic) bond motifs is 1. The van der Waals surface area contributed by atoms with Crippen LogP contribution in [0.5, 0.6) is 0 Å². The molecule has 1 aromatic carbocycles. The van der Waals surface area contributed by atoms with E-state index in [9.17, 15) is 0 Å². The van der Waals surface area contributed by atoms with Crippen molar-refractivity contribution < 1.29 is 0 Å². The maximum absolute atomic E-state index is 4.57. The molecule has 0 saturated carbocycles. The summed E-state index contributed by atoms with van der Waals surface area (Å²) in [7, 11) is 8.07. The Morgan fingerprint density at radius 1 is 1.04 bits per heavy atom. The monoisotopic (exact) mass is 346 g/mol. The predicted molar refractivity (Wildman–Crippen MR) is 107 cm³/mol. The van der Waals surface area contributed by atoms with Gasteiger partial charge in [-0.05, 0) is 24.3 Å². The Labute approximate surface area is 152 Å². The second kappa shape index (κ2) is 6.22. The van der Waals surface area contributed by atoms with Crippen LogP contribution in [-0.4, -0.2) is 33.4 Å². The molecule has 0 fully saturated rings. The summed E-state index contributed by atoms with van der Waals surface area (Å²) in [5.41, 5.74) is 5.52. The number of aromatic nitrogens is 4. The number of hydrogen-bond acceptors (Lipinski definition) is 4. The van der Waals surface area contributed by atoms with Gasteiger partial charge in [0.25, 0.3) is 0 Å². The molecule has 0 amide bonds. The van der Waals surface area contributed by atoms with E-state index >= 15 is 0 Å². The van der Waals surface area contributed by atoms with Gasteiger partial charge in [0, 0.05) is 69.0 Å². The molecule has 0 atom stereocenters. The first-order valence-electron chi connectivity index (χ1n) is 8.50. The van der Waals surface area contributed by atoms with E-state index < -0.39 is 0 Å². The van der Waals surface area contributed by atoms with E-state index in [1.807, 2.05) is 56.5 Å². The Kier molecular flexibility index (Phi) is 3.88. The average Bonchev–Trinajstić information content (AvgIpc) is 3.19. The Bertz CT molecular complexity index is 1070. The molecule has 0 bridgehead atoms. The Morgan fingerprint density at radius 2 is 1.88 bits per heavy atom. The van der Waals surface area contributed by atoms with Crippen molar-refractivity contribution in [3.63, 3.8) is 0 Å². The Balaban J connectivity index is 1.69. The zero-order valence-electron chi connectivity index (χ0n) is 15.4. The van der Waals surface area contributed by atoms with Crippen molar-refractivity contribution in [1.82, 2.24) is 19.3 Å². The summed E-state index contributed by atoms with van der Waals surface area (Å²) >= 11 is 0. The van der Waals surface area contributed by atoms with E-state index in [4.69, 9.17) is 0 Å². The molecule has 6 heteroatoms. The van der Waals surface area contributed by atoms with Gasteiger partial charge in [-0.2, -0.15) is 5.10 Å². The van der Waals surface area contributed by atoms with Crippen LogP contribution in [0.4, 0.5) is 17.2 Å². The van der Waals surface area contributed by atoms with Crippen LogP contribution in [0.1, 0.15) is 0 Å². The minimum Gasteiger partial charge on any atom is -0.378 e. The van der Waals surface area contributed by atoms with Crippen LogP contribution in [-0.2, 0) is 14.1 Å². The summed E-state index contributed by atoms with van der Waals surface area (Å²) in [6, 6.07) is 12.5. The summed E-state index contributed by atoms with van der Waals surface area (Å²) in [6.07, 6.45) is 5.81. The van der Waals surface area contributed by atoms with Crippen molar-refractivity contribution in [3.05, 3.63) is 55.0 Å². The number of anilines is 3. The fourth-order valence-electron chi connectivity index (χ4n) is 3.14. The molecule has 0 radical (unpaired) electrons. The molecular formula is C20H22N6. The highest BCUT2D eigenvalue weighted by molar-refractivity contribution is 5.88. The molecule has 1 N–H and O–H groups in total. The van der Waals surface area contributed by atoms with Crippen molar-refractivity contribution in [2.75, 3.05) is 24.3 Å². The van der Waals surface area contributed by atoms with E-state index in [0.717, 1.165) is 39.4 Å². The van der Waals surface area contributed by atoms with Crippen LogP contribution in [0.3, 0.4) is 0 Å². The van der Waals surface area contributed by atoms with Crippen LogP contribution < -0.4 is 10.2 Å². The van der Waals surface area contributed by atoms with Gasteiger partial charge in [0.05, 0.1) is 17.4 Å². The minimum atomic E-state index is 0.826. The van der Waals surface area contributed by atoms with E-state index in [1.165, 1.54) is 0 Å². The van der Waals surface area contributed by atoms with Crippen LogP contribution in [0.2, 0.25) is 0 Å². The van der Waals surface area contributed by atoms with Crippen LogP contribution >= 0.6 is 0 Å². The van der Waals surface area contributed by atoms with Gasteiger partial charge in [-0.3, -0.25) is 4.68 Å².